The minimum atomic E-state index is 0.243. The zero-order valence-electron chi connectivity index (χ0n) is 11.7. The van der Waals surface area contributed by atoms with Gasteiger partial charge >= 0.3 is 0 Å². The molecule has 0 amide bonds. The molecule has 104 valence electrons. The third kappa shape index (κ3) is 3.63. The van der Waals surface area contributed by atoms with Crippen molar-refractivity contribution in [3.63, 3.8) is 0 Å². The summed E-state index contributed by atoms with van der Waals surface area (Å²) < 4.78 is 1.80. The van der Waals surface area contributed by atoms with E-state index in [1.807, 2.05) is 14.0 Å². The molecule has 0 fully saturated rings. The lowest BCUT2D eigenvalue weighted by Crippen LogP contribution is -2.17. The number of aryl methyl sites for hydroxylation is 2. The van der Waals surface area contributed by atoms with Crippen LogP contribution in [0, 0.1) is 5.92 Å². The van der Waals surface area contributed by atoms with Gasteiger partial charge in [-0.2, -0.15) is 5.10 Å². The van der Waals surface area contributed by atoms with Gasteiger partial charge in [0.05, 0.1) is 11.4 Å². The molecular weight excluding hydrogens is 228 g/mol. The van der Waals surface area contributed by atoms with E-state index in [0.29, 0.717) is 5.92 Å². The molecule has 1 rings (SSSR count). The highest BCUT2D eigenvalue weighted by molar-refractivity contribution is 5.64. The van der Waals surface area contributed by atoms with Crippen LogP contribution in [0.4, 0.5) is 11.5 Å². The molecule has 0 aliphatic carbocycles. The Bertz CT molecular complexity index is 356. The molecule has 5 nitrogen and oxygen atoms in total. The van der Waals surface area contributed by atoms with Crippen molar-refractivity contribution >= 4 is 11.5 Å². The molecule has 0 radical (unpaired) electrons. The number of aliphatic hydroxyl groups excluding tert-OH is 1. The molecule has 0 aliphatic rings. The lowest BCUT2D eigenvalue weighted by atomic mass is 10.0. The fourth-order valence-electron chi connectivity index (χ4n) is 2.25. The number of anilines is 2. The lowest BCUT2D eigenvalue weighted by molar-refractivity contribution is 0.255. The van der Waals surface area contributed by atoms with Crippen LogP contribution in [-0.4, -0.2) is 28.0 Å². The van der Waals surface area contributed by atoms with Crippen LogP contribution < -0.4 is 11.1 Å². The number of nitrogens with one attached hydrogen (secondary N) is 1. The van der Waals surface area contributed by atoms with Crippen molar-refractivity contribution in [1.29, 1.82) is 0 Å². The minimum Gasteiger partial charge on any atom is -0.396 e. The van der Waals surface area contributed by atoms with E-state index in [4.69, 9.17) is 10.8 Å². The molecule has 0 bridgehead atoms. The normalized spacial score (nSPS) is 12.7. The van der Waals surface area contributed by atoms with E-state index in [0.717, 1.165) is 49.4 Å². The van der Waals surface area contributed by atoms with Gasteiger partial charge in [0.15, 0.2) is 0 Å². The quantitative estimate of drug-likeness (QED) is 0.661. The van der Waals surface area contributed by atoms with Crippen molar-refractivity contribution in [2.75, 3.05) is 24.2 Å². The number of aliphatic hydroxyl groups is 1. The molecule has 1 unspecified atom stereocenters. The standard InChI is InChI=1S/C13H26N4O/c1-4-6-10(7-8-18)9-15-13-12(14)11(5-2)16-17(13)3/h10,15,18H,4-9,14H2,1-3H3. The maximum atomic E-state index is 9.04. The summed E-state index contributed by atoms with van der Waals surface area (Å²) in [5.74, 6) is 1.38. The van der Waals surface area contributed by atoms with Gasteiger partial charge in [0.25, 0.3) is 0 Å². The van der Waals surface area contributed by atoms with E-state index in [1.165, 1.54) is 0 Å². The highest BCUT2D eigenvalue weighted by Crippen LogP contribution is 2.23. The average molecular weight is 254 g/mol. The Labute approximate surface area is 109 Å². The van der Waals surface area contributed by atoms with Crippen molar-refractivity contribution in [3.8, 4) is 0 Å². The van der Waals surface area contributed by atoms with Crippen LogP contribution in [0.3, 0.4) is 0 Å². The average Bonchev–Trinajstić information content (AvgIpc) is 2.62. The predicted octanol–water partition coefficient (Wildman–Crippen LogP) is 1.78. The first-order valence-electron chi connectivity index (χ1n) is 6.80. The van der Waals surface area contributed by atoms with Gasteiger partial charge in [-0.1, -0.05) is 20.3 Å². The Morgan fingerprint density at radius 1 is 1.39 bits per heavy atom. The third-order valence-electron chi connectivity index (χ3n) is 3.29. The molecule has 0 saturated heterocycles. The van der Waals surface area contributed by atoms with Crippen molar-refractivity contribution in [2.24, 2.45) is 13.0 Å². The fourth-order valence-corrected chi connectivity index (χ4v) is 2.25. The van der Waals surface area contributed by atoms with E-state index >= 15 is 0 Å². The minimum absolute atomic E-state index is 0.243. The Balaban J connectivity index is 2.63. The molecular formula is C13H26N4O. The van der Waals surface area contributed by atoms with Crippen LogP contribution >= 0.6 is 0 Å². The van der Waals surface area contributed by atoms with Crippen LogP contribution in [0.2, 0.25) is 0 Å². The second kappa shape index (κ2) is 7.26. The topological polar surface area (TPSA) is 76.1 Å². The van der Waals surface area contributed by atoms with E-state index < -0.39 is 0 Å². The number of rotatable bonds is 8. The fraction of sp³-hybridized carbons (Fsp3) is 0.769. The second-order valence-corrected chi connectivity index (χ2v) is 4.73. The maximum Gasteiger partial charge on any atom is 0.147 e. The molecule has 0 spiro atoms. The van der Waals surface area contributed by atoms with Gasteiger partial charge < -0.3 is 16.2 Å². The second-order valence-electron chi connectivity index (χ2n) is 4.73. The van der Waals surface area contributed by atoms with Gasteiger partial charge in [-0.15, -0.1) is 0 Å². The summed E-state index contributed by atoms with van der Waals surface area (Å²) >= 11 is 0. The summed E-state index contributed by atoms with van der Waals surface area (Å²) in [4.78, 5) is 0. The Morgan fingerprint density at radius 3 is 2.61 bits per heavy atom. The van der Waals surface area contributed by atoms with Crippen molar-refractivity contribution < 1.29 is 5.11 Å². The molecule has 0 saturated carbocycles. The van der Waals surface area contributed by atoms with Gasteiger partial charge in [0, 0.05) is 20.2 Å². The zero-order valence-corrected chi connectivity index (χ0v) is 11.7. The van der Waals surface area contributed by atoms with Crippen LogP contribution in [0.5, 0.6) is 0 Å². The maximum absolute atomic E-state index is 9.04. The molecule has 18 heavy (non-hydrogen) atoms. The van der Waals surface area contributed by atoms with Crippen LogP contribution in [0.25, 0.3) is 0 Å². The van der Waals surface area contributed by atoms with Gasteiger partial charge in [-0.3, -0.25) is 4.68 Å². The van der Waals surface area contributed by atoms with Crippen molar-refractivity contribution in [2.45, 2.75) is 39.5 Å². The van der Waals surface area contributed by atoms with Gasteiger partial charge in [0.2, 0.25) is 0 Å². The van der Waals surface area contributed by atoms with Crippen LogP contribution in [0.15, 0.2) is 0 Å². The van der Waals surface area contributed by atoms with E-state index in [2.05, 4.69) is 17.3 Å². The number of aromatic nitrogens is 2. The largest absolute Gasteiger partial charge is 0.396 e. The first-order valence-corrected chi connectivity index (χ1v) is 6.80. The van der Waals surface area contributed by atoms with E-state index in [9.17, 15) is 0 Å². The summed E-state index contributed by atoms with van der Waals surface area (Å²) in [5, 5.41) is 16.8. The Morgan fingerprint density at radius 2 is 2.11 bits per heavy atom. The summed E-state index contributed by atoms with van der Waals surface area (Å²) in [6.07, 6.45) is 3.93. The van der Waals surface area contributed by atoms with Crippen LogP contribution in [0.1, 0.15) is 38.8 Å². The Hall–Kier alpha value is -1.23. The lowest BCUT2D eigenvalue weighted by Gasteiger charge is -2.16. The monoisotopic (exact) mass is 254 g/mol. The molecule has 4 N–H and O–H groups in total. The summed E-state index contributed by atoms with van der Waals surface area (Å²) in [6, 6.07) is 0. The summed E-state index contributed by atoms with van der Waals surface area (Å²) in [5.41, 5.74) is 7.74. The summed E-state index contributed by atoms with van der Waals surface area (Å²) in [6.45, 7) is 5.29. The highest BCUT2D eigenvalue weighted by atomic mass is 16.3. The van der Waals surface area contributed by atoms with Gasteiger partial charge in [0.1, 0.15) is 5.82 Å². The molecule has 1 heterocycles. The van der Waals surface area contributed by atoms with Gasteiger partial charge in [-0.05, 0) is 25.2 Å². The highest BCUT2D eigenvalue weighted by Gasteiger charge is 2.13. The smallest absolute Gasteiger partial charge is 0.147 e. The zero-order chi connectivity index (χ0) is 13.5. The number of hydrogen-bond donors (Lipinski definition) is 3. The molecule has 1 aromatic heterocycles. The molecule has 0 aromatic carbocycles. The van der Waals surface area contributed by atoms with E-state index in [1.54, 1.807) is 4.68 Å². The SMILES string of the molecule is CCCC(CCO)CNc1c(N)c(CC)nn1C. The Kier molecular flexibility index (Phi) is 5.98. The first-order chi connectivity index (χ1) is 8.63. The molecule has 5 heteroatoms. The first kappa shape index (κ1) is 14.8. The van der Waals surface area contributed by atoms with Crippen molar-refractivity contribution in [3.05, 3.63) is 5.69 Å². The van der Waals surface area contributed by atoms with Crippen LogP contribution in [-0.2, 0) is 13.5 Å². The molecule has 1 atom stereocenters. The number of nitrogen functional groups attached to an aromatic ring is 1. The van der Waals surface area contributed by atoms with Gasteiger partial charge in [-0.25, -0.2) is 0 Å². The number of nitrogens with zero attached hydrogens (tertiary/aromatic N) is 2. The number of nitrogens with two attached hydrogens (primary N) is 1. The molecule has 1 aromatic rings. The summed E-state index contributed by atoms with van der Waals surface area (Å²) in [7, 11) is 1.90. The number of hydrogen-bond acceptors (Lipinski definition) is 4. The van der Waals surface area contributed by atoms with E-state index in [-0.39, 0.29) is 6.61 Å². The molecule has 0 aliphatic heterocycles. The third-order valence-corrected chi connectivity index (χ3v) is 3.29. The van der Waals surface area contributed by atoms with Crippen molar-refractivity contribution in [1.82, 2.24) is 9.78 Å². The predicted molar refractivity (Wildman–Crippen MR) is 75.6 cm³/mol.